The first-order chi connectivity index (χ1) is 9.63. The minimum Gasteiger partial charge on any atom is -0.367 e. The number of hydrogen-bond acceptors (Lipinski definition) is 5. The van der Waals surface area contributed by atoms with Crippen LogP contribution in [0.4, 0.5) is 11.5 Å². The number of aromatic nitrogens is 1. The van der Waals surface area contributed by atoms with Gasteiger partial charge in [0.25, 0.3) is 5.69 Å². The van der Waals surface area contributed by atoms with E-state index in [2.05, 4.69) is 22.2 Å². The van der Waals surface area contributed by atoms with Crippen molar-refractivity contribution in [2.45, 2.75) is 50.2 Å². The van der Waals surface area contributed by atoms with Gasteiger partial charge in [0.2, 0.25) is 0 Å². The van der Waals surface area contributed by atoms with E-state index >= 15 is 0 Å². The van der Waals surface area contributed by atoms with Crippen molar-refractivity contribution in [1.82, 2.24) is 9.88 Å². The SMILES string of the molecule is CN1C2CCCC1CC(Nc1cc([N+](=O)[O-])ccn1)C2. The standard InChI is InChI=1S/C14H20N4O2/c1-17-11-3-2-4-12(17)8-10(7-11)16-14-9-13(18(19)20)5-6-15-14/h5-6,9-12H,2-4,7-8H2,1H3,(H,15,16). The van der Waals surface area contributed by atoms with Gasteiger partial charge in [-0.1, -0.05) is 6.42 Å². The summed E-state index contributed by atoms with van der Waals surface area (Å²) in [5.41, 5.74) is 0.0932. The maximum Gasteiger partial charge on any atom is 0.274 e. The van der Waals surface area contributed by atoms with Crippen molar-refractivity contribution in [2.24, 2.45) is 0 Å². The van der Waals surface area contributed by atoms with E-state index in [0.717, 1.165) is 12.8 Å². The van der Waals surface area contributed by atoms with Crippen molar-refractivity contribution in [3.63, 3.8) is 0 Å². The third-order valence-electron chi connectivity index (χ3n) is 4.65. The molecule has 2 saturated heterocycles. The number of piperidine rings is 2. The van der Waals surface area contributed by atoms with Crippen molar-refractivity contribution in [3.05, 3.63) is 28.4 Å². The molecule has 2 bridgehead atoms. The molecule has 0 spiro atoms. The smallest absolute Gasteiger partial charge is 0.274 e. The molecule has 6 heteroatoms. The van der Waals surface area contributed by atoms with Crippen LogP contribution in [0.3, 0.4) is 0 Å². The van der Waals surface area contributed by atoms with Crippen molar-refractivity contribution >= 4 is 11.5 Å². The van der Waals surface area contributed by atoms with Gasteiger partial charge in [0.15, 0.2) is 0 Å². The van der Waals surface area contributed by atoms with Gasteiger partial charge in [-0.05, 0) is 32.7 Å². The van der Waals surface area contributed by atoms with Gasteiger partial charge in [-0.3, -0.25) is 10.1 Å². The maximum absolute atomic E-state index is 10.8. The van der Waals surface area contributed by atoms with E-state index in [0.29, 0.717) is 23.9 Å². The molecule has 2 aliphatic heterocycles. The summed E-state index contributed by atoms with van der Waals surface area (Å²) < 4.78 is 0. The maximum atomic E-state index is 10.8. The average molecular weight is 276 g/mol. The zero-order chi connectivity index (χ0) is 14.1. The predicted molar refractivity (Wildman–Crippen MR) is 76.7 cm³/mol. The van der Waals surface area contributed by atoms with Crippen LogP contribution < -0.4 is 5.32 Å². The van der Waals surface area contributed by atoms with Crippen molar-refractivity contribution in [1.29, 1.82) is 0 Å². The molecule has 0 aromatic carbocycles. The molecule has 2 unspecified atom stereocenters. The van der Waals surface area contributed by atoms with Crippen LogP contribution in [0.2, 0.25) is 0 Å². The van der Waals surface area contributed by atoms with Crippen LogP contribution >= 0.6 is 0 Å². The molecule has 0 radical (unpaired) electrons. The number of nitrogens with one attached hydrogen (secondary N) is 1. The molecule has 1 N–H and O–H groups in total. The fourth-order valence-electron chi connectivity index (χ4n) is 3.55. The van der Waals surface area contributed by atoms with Crippen molar-refractivity contribution in [2.75, 3.05) is 12.4 Å². The predicted octanol–water partition coefficient (Wildman–Crippen LogP) is 2.42. The van der Waals surface area contributed by atoms with E-state index in [1.54, 1.807) is 0 Å². The molecule has 2 aliphatic rings. The first-order valence-corrected chi connectivity index (χ1v) is 7.22. The zero-order valence-corrected chi connectivity index (χ0v) is 11.7. The zero-order valence-electron chi connectivity index (χ0n) is 11.7. The summed E-state index contributed by atoms with van der Waals surface area (Å²) >= 11 is 0. The van der Waals surface area contributed by atoms with Crippen LogP contribution in [0, 0.1) is 10.1 Å². The molecule has 3 rings (SSSR count). The van der Waals surface area contributed by atoms with Gasteiger partial charge < -0.3 is 10.2 Å². The van der Waals surface area contributed by atoms with E-state index < -0.39 is 0 Å². The molecule has 0 saturated carbocycles. The molecule has 6 nitrogen and oxygen atoms in total. The Balaban J connectivity index is 1.69. The fraction of sp³-hybridized carbons (Fsp3) is 0.643. The number of hydrogen-bond donors (Lipinski definition) is 1. The number of anilines is 1. The highest BCUT2D eigenvalue weighted by Crippen LogP contribution is 2.33. The van der Waals surface area contributed by atoms with Crippen LogP contribution in [0.5, 0.6) is 0 Å². The fourth-order valence-corrected chi connectivity index (χ4v) is 3.55. The lowest BCUT2D eigenvalue weighted by Crippen LogP contribution is -2.52. The Morgan fingerprint density at radius 3 is 2.75 bits per heavy atom. The highest BCUT2D eigenvalue weighted by atomic mass is 16.6. The molecule has 108 valence electrons. The third-order valence-corrected chi connectivity index (χ3v) is 4.65. The van der Waals surface area contributed by atoms with Crippen LogP contribution in [0.25, 0.3) is 0 Å². The molecule has 0 aliphatic carbocycles. The lowest BCUT2D eigenvalue weighted by atomic mass is 9.82. The van der Waals surface area contributed by atoms with Crippen LogP contribution in [0.1, 0.15) is 32.1 Å². The molecule has 1 aromatic heterocycles. The average Bonchev–Trinajstić information content (AvgIpc) is 2.40. The summed E-state index contributed by atoms with van der Waals surface area (Å²) in [6.07, 6.45) is 7.52. The molecular weight excluding hydrogens is 256 g/mol. The number of nitrogens with zero attached hydrogens (tertiary/aromatic N) is 3. The highest BCUT2D eigenvalue weighted by Gasteiger charge is 2.35. The Labute approximate surface area is 118 Å². The molecule has 2 fully saturated rings. The first kappa shape index (κ1) is 13.3. The summed E-state index contributed by atoms with van der Waals surface area (Å²) in [4.78, 5) is 17.1. The molecule has 0 amide bonds. The minimum atomic E-state index is -0.379. The molecule has 1 aromatic rings. The number of nitro groups is 1. The van der Waals surface area contributed by atoms with E-state index in [1.165, 1.54) is 37.6 Å². The second-order valence-electron chi connectivity index (χ2n) is 5.87. The molecule has 2 atom stereocenters. The minimum absolute atomic E-state index is 0.0932. The molecule has 20 heavy (non-hydrogen) atoms. The van der Waals surface area contributed by atoms with Gasteiger partial charge in [0.05, 0.1) is 11.0 Å². The second-order valence-corrected chi connectivity index (χ2v) is 5.87. The quantitative estimate of drug-likeness (QED) is 0.678. The van der Waals surface area contributed by atoms with Gasteiger partial charge in [-0.2, -0.15) is 0 Å². The lowest BCUT2D eigenvalue weighted by Gasteiger charge is -2.47. The number of pyridine rings is 1. The van der Waals surface area contributed by atoms with Gasteiger partial charge in [-0.15, -0.1) is 0 Å². The Bertz CT molecular complexity index is 494. The van der Waals surface area contributed by atoms with Gasteiger partial charge >= 0.3 is 0 Å². The Hall–Kier alpha value is -1.69. The van der Waals surface area contributed by atoms with E-state index in [-0.39, 0.29) is 10.6 Å². The van der Waals surface area contributed by atoms with E-state index in [1.807, 2.05) is 0 Å². The molecular formula is C14H20N4O2. The first-order valence-electron chi connectivity index (χ1n) is 7.22. The normalized spacial score (nSPS) is 29.9. The van der Waals surface area contributed by atoms with E-state index in [4.69, 9.17) is 0 Å². The summed E-state index contributed by atoms with van der Waals surface area (Å²) in [5.74, 6) is 0.617. The Morgan fingerprint density at radius 1 is 1.40 bits per heavy atom. The van der Waals surface area contributed by atoms with E-state index in [9.17, 15) is 10.1 Å². The molecule has 3 heterocycles. The monoisotopic (exact) mass is 276 g/mol. The van der Waals surface area contributed by atoms with Crippen LogP contribution in [0.15, 0.2) is 18.3 Å². The summed E-state index contributed by atoms with van der Waals surface area (Å²) in [5, 5.41) is 14.2. The van der Waals surface area contributed by atoms with Gasteiger partial charge in [-0.25, -0.2) is 4.98 Å². The van der Waals surface area contributed by atoms with Crippen molar-refractivity contribution in [3.8, 4) is 0 Å². The lowest BCUT2D eigenvalue weighted by molar-refractivity contribution is -0.384. The summed E-state index contributed by atoms with van der Waals surface area (Å²) in [6, 6.07) is 4.59. The largest absolute Gasteiger partial charge is 0.367 e. The van der Waals surface area contributed by atoms with Crippen molar-refractivity contribution < 1.29 is 4.92 Å². The Morgan fingerprint density at radius 2 is 2.10 bits per heavy atom. The Kier molecular flexibility index (Phi) is 3.56. The van der Waals surface area contributed by atoms with Crippen LogP contribution in [-0.4, -0.2) is 40.0 Å². The van der Waals surface area contributed by atoms with Gasteiger partial charge in [0.1, 0.15) is 5.82 Å². The number of fused-ring (bicyclic) bond motifs is 2. The third kappa shape index (κ3) is 2.60. The summed E-state index contributed by atoms with van der Waals surface area (Å²) in [7, 11) is 2.22. The second kappa shape index (κ2) is 5.36. The number of rotatable bonds is 3. The van der Waals surface area contributed by atoms with Gasteiger partial charge in [0, 0.05) is 30.4 Å². The highest BCUT2D eigenvalue weighted by molar-refractivity contribution is 5.45. The van der Waals surface area contributed by atoms with Crippen LogP contribution in [-0.2, 0) is 0 Å². The summed E-state index contributed by atoms with van der Waals surface area (Å²) in [6.45, 7) is 0. The topological polar surface area (TPSA) is 71.3 Å².